The summed E-state index contributed by atoms with van der Waals surface area (Å²) >= 11 is 0. The zero-order chi connectivity index (χ0) is 16.5. The van der Waals surface area contributed by atoms with Crippen molar-refractivity contribution in [3.63, 3.8) is 0 Å². The normalized spacial score (nSPS) is 10.7. The number of para-hydroxylation sites is 1. The molecular weight excluding hydrogens is 286 g/mol. The van der Waals surface area contributed by atoms with Crippen LogP contribution in [0.15, 0.2) is 54.6 Å². The Hall–Kier alpha value is -2.55. The number of nitrogens with one attached hydrogen (secondary N) is 1. The van der Waals surface area contributed by atoms with Crippen LogP contribution >= 0.6 is 0 Å². The van der Waals surface area contributed by atoms with E-state index in [-0.39, 0.29) is 5.91 Å². The highest BCUT2D eigenvalue weighted by molar-refractivity contribution is 6.02. The van der Waals surface area contributed by atoms with Crippen LogP contribution in [-0.4, -0.2) is 12.5 Å². The highest BCUT2D eigenvalue weighted by atomic mass is 16.5. The summed E-state index contributed by atoms with van der Waals surface area (Å²) in [7, 11) is 0. The smallest absolute Gasteiger partial charge is 0.248 e. The molecular formula is C20H23NO2. The Bertz CT molecular complexity index is 660. The molecule has 0 radical (unpaired) electrons. The fourth-order valence-electron chi connectivity index (χ4n) is 2.19. The molecule has 0 aliphatic carbocycles. The number of benzene rings is 2. The largest absolute Gasteiger partial charge is 0.494 e. The first-order valence-electron chi connectivity index (χ1n) is 8.02. The first-order chi connectivity index (χ1) is 11.2. The molecule has 0 fully saturated rings. The summed E-state index contributed by atoms with van der Waals surface area (Å²) in [6, 6.07) is 15.6. The molecule has 0 spiro atoms. The molecule has 2 rings (SSSR count). The molecule has 0 unspecified atom stereocenters. The summed E-state index contributed by atoms with van der Waals surface area (Å²) in [4.78, 5) is 12.0. The third-order valence-electron chi connectivity index (χ3n) is 3.44. The van der Waals surface area contributed by atoms with Gasteiger partial charge in [0.05, 0.1) is 6.61 Å². The summed E-state index contributed by atoms with van der Waals surface area (Å²) < 4.78 is 5.54. The van der Waals surface area contributed by atoms with Gasteiger partial charge in [0, 0.05) is 11.8 Å². The van der Waals surface area contributed by atoms with Gasteiger partial charge >= 0.3 is 0 Å². The molecule has 0 aliphatic rings. The highest BCUT2D eigenvalue weighted by Crippen LogP contribution is 2.16. The lowest BCUT2D eigenvalue weighted by atomic mass is 10.1. The SMILES string of the molecule is CCCOc1ccc(C=CC(=O)Nc2ccccc2CC)cc1. The topological polar surface area (TPSA) is 38.3 Å². The Morgan fingerprint density at radius 1 is 1.09 bits per heavy atom. The van der Waals surface area contributed by atoms with E-state index in [4.69, 9.17) is 4.74 Å². The van der Waals surface area contributed by atoms with Gasteiger partial charge in [0.1, 0.15) is 5.75 Å². The predicted octanol–water partition coefficient (Wildman–Crippen LogP) is 4.69. The second kappa shape index (κ2) is 8.79. The second-order valence-electron chi connectivity index (χ2n) is 5.25. The van der Waals surface area contributed by atoms with Crippen molar-refractivity contribution < 1.29 is 9.53 Å². The first kappa shape index (κ1) is 16.8. The van der Waals surface area contributed by atoms with Crippen LogP contribution in [0, 0.1) is 0 Å². The fourth-order valence-corrected chi connectivity index (χ4v) is 2.19. The number of carbonyl (C=O) groups excluding carboxylic acids is 1. The monoisotopic (exact) mass is 309 g/mol. The van der Waals surface area contributed by atoms with Crippen molar-refractivity contribution in [2.75, 3.05) is 11.9 Å². The number of anilines is 1. The lowest BCUT2D eigenvalue weighted by Crippen LogP contribution is -2.09. The molecule has 120 valence electrons. The standard InChI is InChI=1S/C20H23NO2/c1-3-15-23-18-12-9-16(10-13-18)11-14-20(22)21-19-8-6-5-7-17(19)4-2/h5-14H,3-4,15H2,1-2H3,(H,21,22). The summed E-state index contributed by atoms with van der Waals surface area (Å²) in [5, 5.41) is 2.92. The Labute approximate surface area is 138 Å². The van der Waals surface area contributed by atoms with Crippen LogP contribution in [-0.2, 0) is 11.2 Å². The van der Waals surface area contributed by atoms with Gasteiger partial charge in [-0.2, -0.15) is 0 Å². The maximum absolute atomic E-state index is 12.0. The minimum atomic E-state index is -0.128. The summed E-state index contributed by atoms with van der Waals surface area (Å²) in [5.41, 5.74) is 2.97. The lowest BCUT2D eigenvalue weighted by molar-refractivity contribution is -0.111. The number of carbonyl (C=O) groups is 1. The molecule has 0 bridgehead atoms. The van der Waals surface area contributed by atoms with E-state index >= 15 is 0 Å². The van der Waals surface area contributed by atoms with E-state index in [2.05, 4.69) is 19.2 Å². The zero-order valence-electron chi connectivity index (χ0n) is 13.7. The Morgan fingerprint density at radius 2 is 1.83 bits per heavy atom. The third-order valence-corrected chi connectivity index (χ3v) is 3.44. The van der Waals surface area contributed by atoms with Crippen molar-refractivity contribution in [3.05, 3.63) is 65.7 Å². The van der Waals surface area contributed by atoms with Crippen LogP contribution in [0.5, 0.6) is 5.75 Å². The van der Waals surface area contributed by atoms with Crippen LogP contribution in [0.25, 0.3) is 6.08 Å². The van der Waals surface area contributed by atoms with E-state index in [9.17, 15) is 4.79 Å². The maximum Gasteiger partial charge on any atom is 0.248 e. The van der Waals surface area contributed by atoms with Gasteiger partial charge in [0.2, 0.25) is 5.91 Å². The van der Waals surface area contributed by atoms with E-state index in [1.165, 1.54) is 0 Å². The Balaban J connectivity index is 1.95. The van der Waals surface area contributed by atoms with Crippen LogP contribution in [0.4, 0.5) is 5.69 Å². The van der Waals surface area contributed by atoms with Gasteiger partial charge in [0.15, 0.2) is 0 Å². The van der Waals surface area contributed by atoms with Gasteiger partial charge in [-0.25, -0.2) is 0 Å². The van der Waals surface area contributed by atoms with Crippen LogP contribution in [0.1, 0.15) is 31.4 Å². The van der Waals surface area contributed by atoms with E-state index in [0.29, 0.717) is 6.61 Å². The fraction of sp³-hybridized carbons (Fsp3) is 0.250. The zero-order valence-corrected chi connectivity index (χ0v) is 13.7. The maximum atomic E-state index is 12.0. The molecule has 23 heavy (non-hydrogen) atoms. The highest BCUT2D eigenvalue weighted by Gasteiger charge is 2.02. The second-order valence-corrected chi connectivity index (χ2v) is 5.25. The molecule has 1 N–H and O–H groups in total. The first-order valence-corrected chi connectivity index (χ1v) is 8.02. The van der Waals surface area contributed by atoms with Gasteiger partial charge < -0.3 is 10.1 Å². The number of rotatable bonds is 7. The molecule has 0 saturated carbocycles. The number of ether oxygens (including phenoxy) is 1. The number of aryl methyl sites for hydroxylation is 1. The van der Waals surface area contributed by atoms with Crippen molar-refractivity contribution in [1.82, 2.24) is 0 Å². The quantitative estimate of drug-likeness (QED) is 0.754. The van der Waals surface area contributed by atoms with Crippen molar-refractivity contribution in [1.29, 1.82) is 0 Å². The average Bonchev–Trinajstić information content (AvgIpc) is 2.59. The molecule has 3 nitrogen and oxygen atoms in total. The van der Waals surface area contributed by atoms with Crippen molar-refractivity contribution in [2.45, 2.75) is 26.7 Å². The summed E-state index contributed by atoms with van der Waals surface area (Å²) in [6.07, 6.45) is 5.22. The molecule has 0 aliphatic heterocycles. The molecule has 0 heterocycles. The third kappa shape index (κ3) is 5.29. The van der Waals surface area contributed by atoms with E-state index in [0.717, 1.165) is 35.4 Å². The lowest BCUT2D eigenvalue weighted by Gasteiger charge is -2.07. The van der Waals surface area contributed by atoms with E-state index in [1.54, 1.807) is 12.2 Å². The van der Waals surface area contributed by atoms with E-state index < -0.39 is 0 Å². The molecule has 0 aromatic heterocycles. The van der Waals surface area contributed by atoms with E-state index in [1.807, 2.05) is 48.5 Å². The number of hydrogen-bond acceptors (Lipinski definition) is 2. The minimum Gasteiger partial charge on any atom is -0.494 e. The van der Waals surface area contributed by atoms with Gasteiger partial charge in [-0.3, -0.25) is 4.79 Å². The molecule has 0 saturated heterocycles. The Morgan fingerprint density at radius 3 is 2.52 bits per heavy atom. The van der Waals surface area contributed by atoms with Gasteiger partial charge in [0.25, 0.3) is 0 Å². The van der Waals surface area contributed by atoms with Gasteiger partial charge in [-0.15, -0.1) is 0 Å². The van der Waals surface area contributed by atoms with Crippen LogP contribution < -0.4 is 10.1 Å². The molecule has 1 amide bonds. The van der Waals surface area contributed by atoms with Crippen molar-refractivity contribution in [2.24, 2.45) is 0 Å². The van der Waals surface area contributed by atoms with Gasteiger partial charge in [-0.05, 0) is 48.2 Å². The molecule has 3 heteroatoms. The van der Waals surface area contributed by atoms with Crippen molar-refractivity contribution >= 4 is 17.7 Å². The Kier molecular flexibility index (Phi) is 6.42. The molecule has 2 aromatic rings. The summed E-state index contributed by atoms with van der Waals surface area (Å²) in [5.74, 6) is 0.725. The number of hydrogen-bond donors (Lipinski definition) is 1. The minimum absolute atomic E-state index is 0.128. The average molecular weight is 309 g/mol. The molecule has 0 atom stereocenters. The van der Waals surface area contributed by atoms with Crippen molar-refractivity contribution in [3.8, 4) is 5.75 Å². The number of amides is 1. The predicted molar refractivity (Wildman–Crippen MR) is 95.7 cm³/mol. The van der Waals surface area contributed by atoms with Gasteiger partial charge in [-0.1, -0.05) is 44.2 Å². The van der Waals surface area contributed by atoms with Crippen LogP contribution in [0.3, 0.4) is 0 Å². The molecule has 2 aromatic carbocycles. The van der Waals surface area contributed by atoms with Crippen LogP contribution in [0.2, 0.25) is 0 Å². The summed E-state index contributed by atoms with van der Waals surface area (Å²) in [6.45, 7) is 4.86.